The SMILES string of the molecule is O=C(NC1C(=O)N2C(C(=O)OC(c3ccccc3)c3ccccc3)C(COC(=O)N3CCCC3)=CS[C@H]12)C(=NOC(c1ccccc1)(c1ccccc1)c1ccccc1)c1csc(NC(c2ccccc2)(c2ccccc2)c2ccccc2)n1. The van der Waals surface area contributed by atoms with E-state index in [4.69, 9.17) is 24.5 Å². The Labute approximate surface area is 495 Å². The van der Waals surface area contributed by atoms with Gasteiger partial charge < -0.3 is 34.7 Å². The zero-order valence-electron chi connectivity index (χ0n) is 45.6. The molecule has 4 heterocycles. The number of fused-ring (bicyclic) bond motifs is 1. The lowest BCUT2D eigenvalue weighted by Gasteiger charge is -2.51. The first-order valence-electron chi connectivity index (χ1n) is 27.8. The number of hydrogen-bond acceptors (Lipinski definition) is 12. The third kappa shape index (κ3) is 11.0. The molecule has 2 unspecified atom stereocenters. The number of hydrogen-bond donors (Lipinski definition) is 2. The van der Waals surface area contributed by atoms with Crippen LogP contribution in [0.5, 0.6) is 0 Å². The van der Waals surface area contributed by atoms with Crippen molar-refractivity contribution in [1.82, 2.24) is 20.1 Å². The van der Waals surface area contributed by atoms with E-state index in [1.807, 2.05) is 206 Å². The molecular formula is C69H58N6O7S2. The van der Waals surface area contributed by atoms with Crippen molar-refractivity contribution in [2.24, 2.45) is 5.16 Å². The Kier molecular flexibility index (Phi) is 16.3. The second-order valence-electron chi connectivity index (χ2n) is 20.5. The summed E-state index contributed by atoms with van der Waals surface area (Å²) >= 11 is 2.52. The van der Waals surface area contributed by atoms with Gasteiger partial charge in [0.25, 0.3) is 5.91 Å². The van der Waals surface area contributed by atoms with Gasteiger partial charge in [0, 0.05) is 40.7 Å². The number of rotatable bonds is 19. The third-order valence-electron chi connectivity index (χ3n) is 15.4. The Balaban J connectivity index is 0.925. The molecule has 0 spiro atoms. The first-order chi connectivity index (χ1) is 41.3. The molecule has 3 atom stereocenters. The number of thiazole rings is 1. The van der Waals surface area contributed by atoms with E-state index >= 15 is 9.59 Å². The number of carbonyl (C=O) groups excluding carboxylic acids is 4. The van der Waals surface area contributed by atoms with E-state index in [9.17, 15) is 9.59 Å². The molecule has 0 radical (unpaired) electrons. The molecule has 2 N–H and O–H groups in total. The second-order valence-corrected chi connectivity index (χ2v) is 22.4. The minimum absolute atomic E-state index is 0.169. The van der Waals surface area contributed by atoms with Crippen molar-refractivity contribution in [3.8, 4) is 0 Å². The Morgan fingerprint density at radius 3 is 1.51 bits per heavy atom. The van der Waals surface area contributed by atoms with E-state index < -0.39 is 58.6 Å². The summed E-state index contributed by atoms with van der Waals surface area (Å²) in [5.41, 5.74) is 4.47. The molecule has 3 aliphatic heterocycles. The zero-order chi connectivity index (χ0) is 57.3. The summed E-state index contributed by atoms with van der Waals surface area (Å²) in [6.45, 7) is 0.870. The molecule has 84 heavy (non-hydrogen) atoms. The molecule has 9 aromatic rings. The van der Waals surface area contributed by atoms with Gasteiger partial charge >= 0.3 is 12.1 Å². The van der Waals surface area contributed by atoms with Gasteiger partial charge in [-0.1, -0.05) is 248 Å². The molecule has 418 valence electrons. The standard InChI is InChI=1S/C69H58N6O7S2/c76-62(71-59-63(77)75-60(50(46-83-64(59)75)45-80-67(79)74-43-25-26-44-74)65(78)81-61(48-27-9-1-10-28-48)49-29-11-2-12-30-49)58(73-82-69(54-37-19-6-20-38-54,55-39-21-7-22-40-55)56-41-23-8-24-42-56)57-47-84-66(70-57)72-68(51-31-13-3-14-32-51,52-33-15-4-16-34-52)53-35-17-5-18-36-53/h1-24,27-42,46-47,59-61,64H,25-26,43-45H2,(H,70,72)(H,71,76)/t59?,60?,64-/m1/s1. The molecule has 2 fully saturated rings. The molecule has 0 bridgehead atoms. The smallest absolute Gasteiger partial charge is 0.410 e. The highest BCUT2D eigenvalue weighted by Gasteiger charge is 2.57. The van der Waals surface area contributed by atoms with E-state index in [1.165, 1.54) is 28.0 Å². The van der Waals surface area contributed by atoms with Crippen molar-refractivity contribution in [3.63, 3.8) is 0 Å². The van der Waals surface area contributed by atoms with E-state index in [0.717, 1.165) is 57.3 Å². The number of thioether (sulfide) groups is 1. The number of ether oxygens (including phenoxy) is 2. The van der Waals surface area contributed by atoms with Crippen LogP contribution in [-0.4, -0.2) is 81.5 Å². The molecule has 12 rings (SSSR count). The molecule has 3 amide bonds. The Hall–Kier alpha value is -9.57. The molecule has 8 aromatic carbocycles. The monoisotopic (exact) mass is 1150 g/mol. The third-order valence-corrected chi connectivity index (χ3v) is 17.4. The van der Waals surface area contributed by atoms with Gasteiger partial charge in [0.15, 0.2) is 23.0 Å². The fourth-order valence-electron chi connectivity index (χ4n) is 11.3. The Morgan fingerprint density at radius 2 is 1.05 bits per heavy atom. The highest BCUT2D eigenvalue weighted by Crippen LogP contribution is 2.45. The van der Waals surface area contributed by atoms with Crippen molar-refractivity contribution in [3.05, 3.63) is 309 Å². The molecule has 2 saturated heterocycles. The molecule has 13 nitrogen and oxygen atoms in total. The van der Waals surface area contributed by atoms with Gasteiger partial charge in [0.1, 0.15) is 29.3 Å². The quantitative estimate of drug-likeness (QED) is 0.0263. The predicted octanol–water partition coefficient (Wildman–Crippen LogP) is 12.5. The minimum atomic E-state index is -1.40. The van der Waals surface area contributed by atoms with Crippen LogP contribution in [0.4, 0.5) is 9.93 Å². The van der Waals surface area contributed by atoms with Crippen LogP contribution in [0.15, 0.2) is 264 Å². The molecule has 15 heteroatoms. The number of benzene rings is 8. The first-order valence-corrected chi connectivity index (χ1v) is 29.7. The maximum atomic E-state index is 15.6. The van der Waals surface area contributed by atoms with Crippen LogP contribution in [0, 0.1) is 0 Å². The number of anilines is 1. The summed E-state index contributed by atoms with van der Waals surface area (Å²) in [5.74, 6) is -2.04. The van der Waals surface area contributed by atoms with Crippen LogP contribution in [0.25, 0.3) is 0 Å². The maximum absolute atomic E-state index is 15.6. The number of nitrogens with zero attached hydrogens (tertiary/aromatic N) is 4. The Morgan fingerprint density at radius 1 is 0.607 bits per heavy atom. The summed E-state index contributed by atoms with van der Waals surface area (Å²) in [5, 5.41) is 14.9. The van der Waals surface area contributed by atoms with Gasteiger partial charge in [-0.3, -0.25) is 9.59 Å². The predicted molar refractivity (Wildman–Crippen MR) is 327 cm³/mol. The summed E-state index contributed by atoms with van der Waals surface area (Å²) in [4.78, 5) is 74.1. The van der Waals surface area contributed by atoms with E-state index in [2.05, 4.69) is 47.0 Å². The van der Waals surface area contributed by atoms with Crippen molar-refractivity contribution in [1.29, 1.82) is 0 Å². The second kappa shape index (κ2) is 24.9. The number of likely N-dealkylation sites (tertiary alicyclic amines) is 1. The van der Waals surface area contributed by atoms with Gasteiger partial charge in [-0.2, -0.15) is 0 Å². The highest BCUT2D eigenvalue weighted by molar-refractivity contribution is 8.03. The highest BCUT2D eigenvalue weighted by atomic mass is 32.2. The topological polar surface area (TPSA) is 152 Å². The van der Waals surface area contributed by atoms with Crippen LogP contribution >= 0.6 is 23.1 Å². The average Bonchev–Trinajstić information content (AvgIpc) is 1.62. The number of esters is 1. The molecule has 0 aliphatic carbocycles. The van der Waals surface area contributed by atoms with Crippen molar-refractivity contribution in [2.45, 2.75) is 47.5 Å². The fourth-order valence-corrected chi connectivity index (χ4v) is 13.3. The molecular weight excluding hydrogens is 1090 g/mol. The first kappa shape index (κ1) is 55.0. The summed E-state index contributed by atoms with van der Waals surface area (Å²) < 4.78 is 12.3. The number of β-lactam (4-membered cyclic amide) rings is 1. The van der Waals surface area contributed by atoms with Crippen molar-refractivity contribution in [2.75, 3.05) is 25.0 Å². The lowest BCUT2D eigenvalue weighted by Crippen LogP contribution is -2.74. The summed E-state index contributed by atoms with van der Waals surface area (Å²) in [7, 11) is 0. The van der Waals surface area contributed by atoms with Gasteiger partial charge in [-0.25, -0.2) is 14.6 Å². The van der Waals surface area contributed by atoms with Crippen molar-refractivity contribution >= 4 is 57.8 Å². The molecule has 3 aliphatic rings. The minimum Gasteiger partial charge on any atom is -0.451 e. The number of carbonyl (C=O) groups is 4. The largest absolute Gasteiger partial charge is 0.451 e. The molecule has 1 aromatic heterocycles. The van der Waals surface area contributed by atoms with Crippen LogP contribution in [0.3, 0.4) is 0 Å². The number of aromatic nitrogens is 1. The van der Waals surface area contributed by atoms with E-state index in [0.29, 0.717) is 23.8 Å². The number of amides is 3. The number of oxime groups is 1. The fraction of sp³-hybridized carbons (Fsp3) is 0.159. The Bertz CT molecular complexity index is 3550. The summed E-state index contributed by atoms with van der Waals surface area (Å²) in [6, 6.07) is 75.7. The summed E-state index contributed by atoms with van der Waals surface area (Å²) in [6.07, 6.45) is 0.391. The van der Waals surface area contributed by atoms with Crippen LogP contribution in [0.2, 0.25) is 0 Å². The average molecular weight is 1150 g/mol. The molecule has 0 saturated carbocycles. The lowest BCUT2D eigenvalue weighted by atomic mass is 9.77. The normalized spacial score (nSPS) is 16.9. The maximum Gasteiger partial charge on any atom is 0.410 e. The van der Waals surface area contributed by atoms with E-state index in [1.54, 1.807) is 15.7 Å². The van der Waals surface area contributed by atoms with Gasteiger partial charge in [-0.05, 0) is 46.1 Å². The van der Waals surface area contributed by atoms with Gasteiger partial charge in [0.2, 0.25) is 11.5 Å². The van der Waals surface area contributed by atoms with Crippen LogP contribution < -0.4 is 10.6 Å². The zero-order valence-corrected chi connectivity index (χ0v) is 47.2. The van der Waals surface area contributed by atoms with Crippen molar-refractivity contribution < 1.29 is 33.5 Å². The lowest BCUT2D eigenvalue weighted by molar-refractivity contribution is -0.165. The number of nitrogens with one attached hydrogen (secondary N) is 2. The van der Waals surface area contributed by atoms with E-state index in [-0.39, 0.29) is 18.0 Å². The van der Waals surface area contributed by atoms with Gasteiger partial charge in [0.05, 0.1) is 0 Å². The van der Waals surface area contributed by atoms with Crippen LogP contribution in [-0.2, 0) is 39.8 Å². The van der Waals surface area contributed by atoms with Gasteiger partial charge in [-0.15, -0.1) is 23.1 Å². The van der Waals surface area contributed by atoms with Crippen LogP contribution in [0.1, 0.15) is 69.1 Å².